The van der Waals surface area contributed by atoms with Crippen LogP contribution in [0.15, 0.2) is 24.3 Å². The van der Waals surface area contributed by atoms with Gasteiger partial charge in [-0.2, -0.15) is 0 Å². The van der Waals surface area contributed by atoms with Crippen molar-refractivity contribution < 1.29 is 22.0 Å². The van der Waals surface area contributed by atoms with Gasteiger partial charge in [0.1, 0.15) is 0 Å². The molecule has 26 heavy (non-hydrogen) atoms. The smallest absolute Gasteiger partial charge is 0.260 e. The van der Waals surface area contributed by atoms with Gasteiger partial charge in [-0.3, -0.25) is 4.79 Å². The Labute approximate surface area is 151 Å². The second-order valence-electron chi connectivity index (χ2n) is 8.26. The first-order valence-corrected chi connectivity index (χ1v) is 10.4. The second kappa shape index (κ2) is 5.38. The number of fused-ring (bicyclic) bond motifs is 1. The highest BCUT2D eigenvalue weighted by Gasteiger charge is 2.72. The lowest BCUT2D eigenvalue weighted by atomic mass is 9.69. The molecule has 1 amide bonds. The summed E-state index contributed by atoms with van der Waals surface area (Å²) in [6.45, 7) is 4.23. The largest absolute Gasteiger partial charge is 0.269 e. The van der Waals surface area contributed by atoms with Gasteiger partial charge in [0.2, 0.25) is 10.0 Å². The van der Waals surface area contributed by atoms with Crippen LogP contribution in [0, 0.1) is 28.4 Å². The molecule has 0 aromatic heterocycles. The van der Waals surface area contributed by atoms with Crippen LogP contribution < -0.4 is 0 Å². The first-order chi connectivity index (χ1) is 12.1. The van der Waals surface area contributed by atoms with Crippen molar-refractivity contribution in [1.82, 2.24) is 4.31 Å². The van der Waals surface area contributed by atoms with Crippen LogP contribution in [0.2, 0.25) is 0 Å². The van der Waals surface area contributed by atoms with Crippen LogP contribution in [0.25, 0.3) is 6.08 Å². The Morgan fingerprint density at radius 3 is 2.65 bits per heavy atom. The maximum Gasteiger partial charge on any atom is 0.260 e. The summed E-state index contributed by atoms with van der Waals surface area (Å²) in [5, 5.41) is 0. The highest BCUT2D eigenvalue weighted by molar-refractivity contribution is 7.90. The minimum atomic E-state index is -3.68. The summed E-state index contributed by atoms with van der Waals surface area (Å²) in [7, 11) is -3.68. The van der Waals surface area contributed by atoms with Gasteiger partial charge in [-0.05, 0) is 54.4 Å². The molecule has 140 valence electrons. The van der Waals surface area contributed by atoms with E-state index in [4.69, 9.17) is 0 Å². The lowest BCUT2D eigenvalue weighted by Gasteiger charge is -2.36. The first-order valence-electron chi connectivity index (χ1n) is 8.78. The number of hydrogen-bond acceptors (Lipinski definition) is 3. The summed E-state index contributed by atoms with van der Waals surface area (Å²) < 4.78 is 52.9. The fraction of sp³-hybridized carbons (Fsp3) is 0.526. The van der Waals surface area contributed by atoms with Gasteiger partial charge in [0.25, 0.3) is 5.91 Å². The highest BCUT2D eigenvalue weighted by Crippen LogP contribution is 2.69. The average Bonchev–Trinajstić information content (AvgIpc) is 3.03. The van der Waals surface area contributed by atoms with Gasteiger partial charge in [0.15, 0.2) is 11.6 Å². The van der Waals surface area contributed by atoms with Crippen molar-refractivity contribution >= 4 is 22.0 Å². The van der Waals surface area contributed by atoms with E-state index in [9.17, 15) is 22.0 Å². The third-order valence-corrected chi connectivity index (χ3v) is 8.90. The number of carbonyl (C=O) groups excluding carboxylic acids is 1. The van der Waals surface area contributed by atoms with Crippen LogP contribution in [0.5, 0.6) is 0 Å². The maximum absolute atomic E-state index is 13.3. The number of sulfonamides is 1. The Kier molecular flexibility index (Phi) is 3.65. The second-order valence-corrected chi connectivity index (χ2v) is 10.1. The molecular weight excluding hydrogens is 360 g/mol. The third-order valence-electron chi connectivity index (χ3n) is 6.99. The highest BCUT2D eigenvalue weighted by atomic mass is 32.2. The summed E-state index contributed by atoms with van der Waals surface area (Å²) >= 11 is 0. The minimum absolute atomic E-state index is 0.0128. The molecule has 1 saturated heterocycles. The number of amides is 1. The molecule has 4 rings (SSSR count). The molecule has 0 unspecified atom stereocenters. The van der Waals surface area contributed by atoms with Crippen molar-refractivity contribution in [1.29, 1.82) is 0 Å². The zero-order valence-corrected chi connectivity index (χ0v) is 15.5. The molecule has 3 fully saturated rings. The van der Waals surface area contributed by atoms with Gasteiger partial charge < -0.3 is 0 Å². The molecule has 0 radical (unpaired) electrons. The Morgan fingerprint density at radius 1 is 1.27 bits per heavy atom. The van der Waals surface area contributed by atoms with Crippen molar-refractivity contribution in [3.8, 4) is 0 Å². The van der Waals surface area contributed by atoms with E-state index in [1.165, 1.54) is 12.1 Å². The number of nitrogens with zero attached hydrogens (tertiary/aromatic N) is 1. The molecule has 0 N–H and O–H groups in total. The van der Waals surface area contributed by atoms with E-state index in [1.807, 2.05) is 0 Å². The van der Waals surface area contributed by atoms with E-state index >= 15 is 0 Å². The summed E-state index contributed by atoms with van der Waals surface area (Å²) in [6.07, 6.45) is 5.00. The molecule has 1 spiro atoms. The summed E-state index contributed by atoms with van der Waals surface area (Å²) in [5.74, 6) is -2.16. The average molecular weight is 381 g/mol. The molecule has 2 saturated carbocycles. The topological polar surface area (TPSA) is 54.5 Å². The molecule has 3 atom stereocenters. The van der Waals surface area contributed by atoms with Crippen LogP contribution in [-0.2, 0) is 14.8 Å². The van der Waals surface area contributed by atoms with Gasteiger partial charge in [-0.15, -0.1) is 0 Å². The van der Waals surface area contributed by atoms with E-state index in [-0.39, 0.29) is 22.6 Å². The van der Waals surface area contributed by atoms with Crippen molar-refractivity contribution in [3.63, 3.8) is 0 Å². The number of halogens is 2. The Hall–Kier alpha value is -1.76. The minimum Gasteiger partial charge on any atom is -0.269 e. The first kappa shape index (κ1) is 17.6. The lowest BCUT2D eigenvalue weighted by Crippen LogP contribution is -2.43. The molecule has 2 bridgehead atoms. The fourth-order valence-corrected chi connectivity index (χ4v) is 7.95. The molecule has 2 aliphatic carbocycles. The van der Waals surface area contributed by atoms with Gasteiger partial charge in [-0.1, -0.05) is 19.9 Å². The molecular formula is C19H21F2NO3S. The number of rotatable bonds is 2. The van der Waals surface area contributed by atoms with E-state index in [2.05, 4.69) is 13.8 Å². The van der Waals surface area contributed by atoms with E-state index in [0.29, 0.717) is 17.9 Å². The molecule has 1 aromatic carbocycles. The molecule has 1 aromatic rings. The van der Waals surface area contributed by atoms with Crippen LogP contribution in [0.3, 0.4) is 0 Å². The van der Waals surface area contributed by atoms with Gasteiger partial charge in [0, 0.05) is 11.5 Å². The van der Waals surface area contributed by atoms with Crippen LogP contribution in [0.4, 0.5) is 8.78 Å². The molecule has 4 nitrogen and oxygen atoms in total. The van der Waals surface area contributed by atoms with E-state index in [1.54, 1.807) is 0 Å². The Balaban J connectivity index is 1.64. The van der Waals surface area contributed by atoms with Crippen molar-refractivity contribution in [3.05, 3.63) is 41.5 Å². The molecule has 3 aliphatic rings. The standard InChI is InChI=1S/C19H21F2NO3S/c1-18(2)13-7-8-19(18)11-26(24,25)22(16(19)10-13)17(23)6-4-12-3-5-14(20)15(21)9-12/h3-6,9,13,16H,7-8,10-11H2,1-2H3/b6-4+/t13-,16+,19-/m1/s1. The molecule has 1 heterocycles. The van der Waals surface area contributed by atoms with Crippen molar-refractivity contribution in [2.24, 2.45) is 16.7 Å². The fourth-order valence-electron chi connectivity index (χ4n) is 5.44. The van der Waals surface area contributed by atoms with Crippen LogP contribution in [0.1, 0.15) is 38.7 Å². The summed E-state index contributed by atoms with van der Waals surface area (Å²) in [4.78, 5) is 12.7. The Bertz CT molecular complexity index is 925. The maximum atomic E-state index is 13.3. The molecule has 7 heteroatoms. The molecule has 1 aliphatic heterocycles. The monoisotopic (exact) mass is 381 g/mol. The predicted molar refractivity (Wildman–Crippen MR) is 93.4 cm³/mol. The van der Waals surface area contributed by atoms with Crippen LogP contribution in [-0.4, -0.2) is 30.4 Å². The Morgan fingerprint density at radius 2 is 2.00 bits per heavy atom. The number of benzene rings is 1. The lowest BCUT2D eigenvalue weighted by molar-refractivity contribution is -0.123. The van der Waals surface area contributed by atoms with Gasteiger partial charge in [0.05, 0.1) is 11.8 Å². The summed E-state index contributed by atoms with van der Waals surface area (Å²) in [6, 6.07) is 2.98. The zero-order chi connectivity index (χ0) is 18.9. The normalized spacial score (nSPS) is 33.8. The quantitative estimate of drug-likeness (QED) is 0.739. The predicted octanol–water partition coefficient (Wildman–Crippen LogP) is 3.34. The van der Waals surface area contributed by atoms with Gasteiger partial charge >= 0.3 is 0 Å². The van der Waals surface area contributed by atoms with Crippen molar-refractivity contribution in [2.75, 3.05) is 5.75 Å². The zero-order valence-electron chi connectivity index (χ0n) is 14.7. The van der Waals surface area contributed by atoms with Gasteiger partial charge in [-0.25, -0.2) is 21.5 Å². The number of carbonyl (C=O) groups is 1. The summed E-state index contributed by atoms with van der Waals surface area (Å²) in [5.41, 5.74) is -0.178. The van der Waals surface area contributed by atoms with E-state index < -0.39 is 27.6 Å². The number of hydrogen-bond donors (Lipinski definition) is 0. The van der Waals surface area contributed by atoms with Crippen molar-refractivity contribution in [2.45, 2.75) is 39.2 Å². The SMILES string of the molecule is CC1(C)[C@@H]2CC[C@]13CS(=O)(=O)N(C(=O)/C=C/c1ccc(F)c(F)c1)[C@H]3C2. The van der Waals surface area contributed by atoms with E-state index in [0.717, 1.165) is 35.4 Å². The van der Waals surface area contributed by atoms with Crippen LogP contribution >= 0.6 is 0 Å². The third kappa shape index (κ3) is 2.22.